The third kappa shape index (κ3) is 4.30. The first-order valence-corrected chi connectivity index (χ1v) is 9.97. The van der Waals surface area contributed by atoms with Crippen molar-refractivity contribution in [1.29, 1.82) is 0 Å². The van der Waals surface area contributed by atoms with Gasteiger partial charge in [0.05, 0.1) is 5.56 Å². The van der Waals surface area contributed by atoms with Gasteiger partial charge >= 0.3 is 0 Å². The number of rotatable bonds is 6. The van der Waals surface area contributed by atoms with Crippen LogP contribution in [0.3, 0.4) is 0 Å². The Morgan fingerprint density at radius 1 is 1.26 bits per heavy atom. The van der Waals surface area contributed by atoms with E-state index in [1.54, 1.807) is 19.1 Å². The van der Waals surface area contributed by atoms with Gasteiger partial charge in [-0.3, -0.25) is 9.59 Å². The summed E-state index contributed by atoms with van der Waals surface area (Å²) in [4.78, 5) is 26.3. The molecule has 0 unspecified atom stereocenters. The van der Waals surface area contributed by atoms with E-state index >= 15 is 0 Å². The number of halogens is 1. The average molecular weight is 390 g/mol. The molecule has 1 atom stereocenters. The Morgan fingerprint density at radius 3 is 2.74 bits per heavy atom. The van der Waals surface area contributed by atoms with Crippen molar-refractivity contribution in [3.05, 3.63) is 46.1 Å². The molecule has 3 rings (SSSR count). The summed E-state index contributed by atoms with van der Waals surface area (Å²) in [6.07, 6.45) is 2.99. The highest BCUT2D eigenvalue weighted by Gasteiger charge is 2.27. The summed E-state index contributed by atoms with van der Waals surface area (Å²) in [5.74, 6) is -1.08. The fraction of sp³-hybridized carbons (Fsp3) is 0.400. The lowest BCUT2D eigenvalue weighted by atomic mass is 9.95. The molecule has 1 heterocycles. The molecule has 0 aliphatic heterocycles. The fourth-order valence-electron chi connectivity index (χ4n) is 3.14. The lowest BCUT2D eigenvalue weighted by Crippen LogP contribution is -2.31. The minimum Gasteiger partial charge on any atom is -0.478 e. The van der Waals surface area contributed by atoms with Crippen molar-refractivity contribution in [2.24, 2.45) is 0 Å². The van der Waals surface area contributed by atoms with E-state index in [-0.39, 0.29) is 11.7 Å². The smallest absolute Gasteiger partial charge is 0.265 e. The second kappa shape index (κ2) is 8.52. The van der Waals surface area contributed by atoms with E-state index in [4.69, 9.17) is 4.74 Å². The second-order valence-electron chi connectivity index (χ2n) is 6.45. The molecule has 27 heavy (non-hydrogen) atoms. The van der Waals surface area contributed by atoms with Crippen molar-refractivity contribution in [3.63, 3.8) is 0 Å². The molecule has 1 aliphatic carbocycles. The number of fused-ring (bicyclic) bond motifs is 1. The Morgan fingerprint density at radius 2 is 2.00 bits per heavy atom. The molecule has 0 fully saturated rings. The van der Waals surface area contributed by atoms with Crippen LogP contribution in [0, 0.1) is 5.82 Å². The van der Waals surface area contributed by atoms with E-state index in [2.05, 4.69) is 10.6 Å². The first kappa shape index (κ1) is 19.4. The number of para-hydroxylation sites is 1. The van der Waals surface area contributed by atoms with Gasteiger partial charge in [-0.05, 0) is 57.2 Å². The van der Waals surface area contributed by atoms with Gasteiger partial charge in [0.1, 0.15) is 5.00 Å². The van der Waals surface area contributed by atoms with Crippen LogP contribution in [0.25, 0.3) is 0 Å². The molecule has 0 saturated heterocycles. The summed E-state index contributed by atoms with van der Waals surface area (Å²) in [6, 6.07) is 5.95. The Labute approximate surface area is 161 Å². The average Bonchev–Trinajstić information content (AvgIpc) is 3.01. The van der Waals surface area contributed by atoms with Gasteiger partial charge in [-0.25, -0.2) is 4.39 Å². The van der Waals surface area contributed by atoms with Gasteiger partial charge in [0.2, 0.25) is 0 Å². The predicted octanol–water partition coefficient (Wildman–Crippen LogP) is 3.92. The molecule has 1 aliphatic rings. The Balaban J connectivity index is 1.80. The fourth-order valence-corrected chi connectivity index (χ4v) is 4.43. The van der Waals surface area contributed by atoms with E-state index in [0.29, 0.717) is 17.1 Å². The number of aryl methyl sites for hydroxylation is 1. The van der Waals surface area contributed by atoms with Gasteiger partial charge in [-0.1, -0.05) is 12.1 Å². The summed E-state index contributed by atoms with van der Waals surface area (Å²) in [5.41, 5.74) is 1.60. The second-order valence-corrected chi connectivity index (χ2v) is 7.56. The number of carbonyl (C=O) groups is 2. The normalized spacial score (nSPS) is 14.2. The predicted molar refractivity (Wildman–Crippen MR) is 104 cm³/mol. The molecule has 144 valence electrons. The van der Waals surface area contributed by atoms with Crippen molar-refractivity contribution < 1.29 is 18.7 Å². The van der Waals surface area contributed by atoms with Crippen LogP contribution >= 0.6 is 11.3 Å². The summed E-state index contributed by atoms with van der Waals surface area (Å²) >= 11 is 1.45. The number of anilines is 1. The molecule has 0 saturated carbocycles. The number of nitrogens with one attached hydrogen (secondary N) is 2. The minimum atomic E-state index is -0.900. The molecule has 1 aromatic heterocycles. The molecule has 5 nitrogen and oxygen atoms in total. The van der Waals surface area contributed by atoms with Crippen LogP contribution in [0.1, 0.15) is 47.5 Å². The molecular weight excluding hydrogens is 367 g/mol. The third-order valence-corrected chi connectivity index (χ3v) is 5.69. The number of benzene rings is 1. The van der Waals surface area contributed by atoms with Crippen molar-refractivity contribution in [2.75, 3.05) is 11.9 Å². The molecule has 0 spiro atoms. The van der Waals surface area contributed by atoms with Crippen LogP contribution in [0.2, 0.25) is 0 Å². The van der Waals surface area contributed by atoms with E-state index < -0.39 is 17.8 Å². The summed E-state index contributed by atoms with van der Waals surface area (Å²) in [6.45, 7) is 3.93. The van der Waals surface area contributed by atoms with Crippen molar-refractivity contribution in [2.45, 2.75) is 45.6 Å². The van der Waals surface area contributed by atoms with Gasteiger partial charge in [0.25, 0.3) is 11.8 Å². The van der Waals surface area contributed by atoms with Gasteiger partial charge in [0, 0.05) is 11.4 Å². The number of thiophene rings is 1. The molecule has 1 aromatic carbocycles. The Bertz CT molecular complexity index is 850. The van der Waals surface area contributed by atoms with E-state index in [1.165, 1.54) is 23.5 Å². The van der Waals surface area contributed by atoms with E-state index in [9.17, 15) is 14.0 Å². The quantitative estimate of drug-likeness (QED) is 0.786. The number of hydrogen-bond donors (Lipinski definition) is 2. The highest BCUT2D eigenvalue weighted by atomic mass is 32.1. The monoisotopic (exact) mass is 390 g/mol. The lowest BCUT2D eigenvalue weighted by Gasteiger charge is -2.15. The lowest BCUT2D eigenvalue weighted by molar-refractivity contribution is -0.122. The molecule has 2 N–H and O–H groups in total. The van der Waals surface area contributed by atoms with Crippen molar-refractivity contribution in [3.8, 4) is 5.75 Å². The zero-order valence-corrected chi connectivity index (χ0v) is 16.2. The minimum absolute atomic E-state index is 0.0228. The summed E-state index contributed by atoms with van der Waals surface area (Å²) < 4.78 is 19.2. The summed E-state index contributed by atoms with van der Waals surface area (Å²) in [7, 11) is 0. The van der Waals surface area contributed by atoms with Gasteiger partial charge < -0.3 is 15.4 Å². The molecule has 2 amide bonds. The standard InChI is InChI=1S/C20H23FN2O3S/c1-3-22-19(25)17-13-8-4-7-11-16(13)27-20(17)23-18(24)12(2)26-15-10-6-5-9-14(15)21/h5-6,9-10,12H,3-4,7-8,11H2,1-2H3,(H,22,25)(H,23,24)/t12-/m0/s1. The zero-order chi connectivity index (χ0) is 19.4. The highest BCUT2D eigenvalue weighted by molar-refractivity contribution is 7.17. The first-order chi connectivity index (χ1) is 13.0. The maximum atomic E-state index is 13.7. The molecule has 7 heteroatoms. The maximum absolute atomic E-state index is 13.7. The molecule has 0 radical (unpaired) electrons. The van der Waals surface area contributed by atoms with E-state index in [1.807, 2.05) is 6.92 Å². The first-order valence-electron chi connectivity index (χ1n) is 9.16. The number of amides is 2. The van der Waals surface area contributed by atoms with Crippen LogP contribution in [0.15, 0.2) is 24.3 Å². The van der Waals surface area contributed by atoms with E-state index in [0.717, 1.165) is 36.1 Å². The van der Waals surface area contributed by atoms with Gasteiger partial charge in [-0.2, -0.15) is 0 Å². The number of carbonyl (C=O) groups excluding carboxylic acids is 2. The Kier molecular flexibility index (Phi) is 6.11. The molecule has 0 bridgehead atoms. The Hall–Kier alpha value is -2.41. The van der Waals surface area contributed by atoms with Crippen molar-refractivity contribution >= 4 is 28.2 Å². The van der Waals surface area contributed by atoms with Crippen LogP contribution in [0.5, 0.6) is 5.75 Å². The van der Waals surface area contributed by atoms with Gasteiger partial charge in [-0.15, -0.1) is 11.3 Å². The van der Waals surface area contributed by atoms with Crippen LogP contribution in [-0.4, -0.2) is 24.5 Å². The summed E-state index contributed by atoms with van der Waals surface area (Å²) in [5, 5.41) is 6.19. The zero-order valence-electron chi connectivity index (χ0n) is 15.4. The van der Waals surface area contributed by atoms with Crippen molar-refractivity contribution in [1.82, 2.24) is 5.32 Å². The van der Waals surface area contributed by atoms with Gasteiger partial charge in [0.15, 0.2) is 17.7 Å². The maximum Gasteiger partial charge on any atom is 0.265 e. The van der Waals surface area contributed by atoms with Crippen LogP contribution < -0.4 is 15.4 Å². The van der Waals surface area contributed by atoms with Crippen LogP contribution in [0.4, 0.5) is 9.39 Å². The topological polar surface area (TPSA) is 67.4 Å². The number of hydrogen-bond acceptors (Lipinski definition) is 4. The third-order valence-electron chi connectivity index (χ3n) is 4.48. The molecular formula is C20H23FN2O3S. The largest absolute Gasteiger partial charge is 0.478 e. The molecule has 2 aromatic rings. The van der Waals surface area contributed by atoms with Crippen LogP contribution in [-0.2, 0) is 17.6 Å². The SMILES string of the molecule is CCNC(=O)c1c(NC(=O)[C@H](C)Oc2ccccc2F)sc2c1CCCC2. The number of ether oxygens (including phenoxy) is 1. The highest BCUT2D eigenvalue weighted by Crippen LogP contribution is 2.38.